The van der Waals surface area contributed by atoms with Gasteiger partial charge in [0, 0.05) is 37.5 Å². The summed E-state index contributed by atoms with van der Waals surface area (Å²) in [6.07, 6.45) is 2.52. The van der Waals surface area contributed by atoms with E-state index < -0.39 is 0 Å². The lowest BCUT2D eigenvalue weighted by molar-refractivity contribution is -0.381. The molecule has 2 N–H and O–H groups in total. The van der Waals surface area contributed by atoms with Gasteiger partial charge in [0.25, 0.3) is 5.69 Å². The number of H-pyrrole nitrogens is 1. The molecule has 1 saturated heterocycles. The summed E-state index contributed by atoms with van der Waals surface area (Å²) in [7, 11) is 0. The number of benzene rings is 1. The molecule has 3 rings (SSSR count). The van der Waals surface area contributed by atoms with E-state index in [1.165, 1.54) is 0 Å². The maximum atomic E-state index is 12.5. The number of hydrogen-bond acceptors (Lipinski definition) is 5. The molecule has 156 valence electrons. The van der Waals surface area contributed by atoms with Crippen LogP contribution in [0.3, 0.4) is 0 Å². The summed E-state index contributed by atoms with van der Waals surface area (Å²) in [5, 5.41) is 2.98. The van der Waals surface area contributed by atoms with Crippen molar-refractivity contribution in [1.82, 2.24) is 5.32 Å². The zero-order valence-corrected chi connectivity index (χ0v) is 17.2. The first-order chi connectivity index (χ1) is 14.2. The fourth-order valence-corrected chi connectivity index (χ4v) is 3.27. The first-order valence-corrected chi connectivity index (χ1v) is 10.2. The first kappa shape index (κ1) is 20.9. The molecule has 1 fully saturated rings. The Balaban J connectivity index is 1.56. The number of nitrogens with zero attached hydrogens (tertiary/aromatic N) is 1. The zero-order valence-electron chi connectivity index (χ0n) is 17.2. The van der Waals surface area contributed by atoms with Crippen LogP contribution in [0.2, 0.25) is 0 Å². The minimum absolute atomic E-state index is 0.115. The molecular weight excluding hydrogens is 370 g/mol. The molecule has 0 unspecified atom stereocenters. The highest BCUT2D eigenvalue weighted by Crippen LogP contribution is 2.28. The minimum atomic E-state index is -0.115. The molecule has 0 bridgehead atoms. The van der Waals surface area contributed by atoms with Gasteiger partial charge in [-0.1, -0.05) is 6.07 Å². The molecule has 2 heterocycles. The van der Waals surface area contributed by atoms with Crippen molar-refractivity contribution in [2.75, 3.05) is 51.0 Å². The van der Waals surface area contributed by atoms with Gasteiger partial charge in [-0.2, -0.15) is 0 Å². The van der Waals surface area contributed by atoms with Crippen molar-refractivity contribution in [3.05, 3.63) is 47.8 Å². The molecule has 0 radical (unpaired) electrons. The maximum absolute atomic E-state index is 12.5. The molecular formula is C22H30N3O4+. The van der Waals surface area contributed by atoms with Crippen molar-refractivity contribution in [3.63, 3.8) is 0 Å². The topological polar surface area (TPSA) is 74.2 Å². The highest BCUT2D eigenvalue weighted by Gasteiger charge is 2.17. The Morgan fingerprint density at radius 1 is 1.10 bits per heavy atom. The van der Waals surface area contributed by atoms with E-state index in [2.05, 4.69) is 15.2 Å². The molecule has 1 aliphatic rings. The van der Waals surface area contributed by atoms with Crippen LogP contribution in [0, 0.1) is 0 Å². The zero-order chi connectivity index (χ0) is 20.5. The average molecular weight is 400 g/mol. The Morgan fingerprint density at radius 2 is 1.86 bits per heavy atom. The third kappa shape index (κ3) is 5.84. The first-order valence-electron chi connectivity index (χ1n) is 10.2. The summed E-state index contributed by atoms with van der Waals surface area (Å²) in [5.41, 5.74) is 2.67. The van der Waals surface area contributed by atoms with Crippen LogP contribution >= 0.6 is 0 Å². The van der Waals surface area contributed by atoms with E-state index in [1.54, 1.807) is 6.20 Å². The number of aromatic nitrogens is 1. The van der Waals surface area contributed by atoms with Crippen molar-refractivity contribution >= 4 is 11.6 Å². The molecule has 0 saturated carbocycles. The molecule has 0 spiro atoms. The largest absolute Gasteiger partial charge is 0.490 e. The van der Waals surface area contributed by atoms with Gasteiger partial charge in [0.2, 0.25) is 0 Å². The fraction of sp³-hybridized carbons (Fsp3) is 0.455. The molecule has 29 heavy (non-hydrogen) atoms. The van der Waals surface area contributed by atoms with Crippen LogP contribution in [0.15, 0.2) is 36.5 Å². The standard InChI is InChI=1S/C22H29N3O4/c1-3-28-20-6-5-17(15-21(20)29-4-2)7-9-24-22(26)19-16-18(8-10-23-19)25-11-13-27-14-12-25/h5-6,8,10,15-16H,3-4,7,9,11-14H2,1-2H3,(H,24,26)/p+1. The molecule has 1 aromatic heterocycles. The number of morpholine rings is 1. The molecule has 1 aromatic carbocycles. The average Bonchev–Trinajstić information content (AvgIpc) is 2.76. The third-order valence-electron chi connectivity index (χ3n) is 4.71. The number of carbonyl (C=O) groups excluding carboxylic acids is 1. The van der Waals surface area contributed by atoms with Gasteiger partial charge in [0.1, 0.15) is 0 Å². The quantitative estimate of drug-likeness (QED) is 0.698. The highest BCUT2D eigenvalue weighted by molar-refractivity contribution is 5.91. The summed E-state index contributed by atoms with van der Waals surface area (Å²) in [6.45, 7) is 8.71. The van der Waals surface area contributed by atoms with Gasteiger partial charge in [-0.3, -0.25) is 4.79 Å². The van der Waals surface area contributed by atoms with Gasteiger partial charge in [0.15, 0.2) is 17.7 Å². The Labute approximate surface area is 172 Å². The number of amides is 1. The predicted molar refractivity (Wildman–Crippen MR) is 111 cm³/mol. The molecule has 2 aromatic rings. The van der Waals surface area contributed by atoms with Crippen LogP contribution in [0.25, 0.3) is 0 Å². The van der Waals surface area contributed by atoms with E-state index >= 15 is 0 Å². The molecule has 1 amide bonds. The summed E-state index contributed by atoms with van der Waals surface area (Å²) in [6, 6.07) is 9.78. The Kier molecular flexibility index (Phi) is 7.69. The van der Waals surface area contributed by atoms with Gasteiger partial charge in [-0.05, 0) is 38.0 Å². The number of anilines is 1. The van der Waals surface area contributed by atoms with E-state index in [0.717, 1.165) is 35.8 Å². The van der Waals surface area contributed by atoms with Crippen LogP contribution in [0.4, 0.5) is 5.69 Å². The molecule has 0 atom stereocenters. The number of aromatic amines is 1. The van der Waals surface area contributed by atoms with E-state index in [4.69, 9.17) is 14.2 Å². The van der Waals surface area contributed by atoms with Gasteiger partial charge in [0.05, 0.1) is 26.4 Å². The second kappa shape index (κ2) is 10.7. The molecule has 1 aliphatic heterocycles. The minimum Gasteiger partial charge on any atom is -0.490 e. The molecule has 7 heteroatoms. The Bertz CT molecular complexity index is 806. The summed E-state index contributed by atoms with van der Waals surface area (Å²) >= 11 is 0. The van der Waals surface area contributed by atoms with Crippen molar-refractivity contribution in [3.8, 4) is 11.5 Å². The van der Waals surface area contributed by atoms with Crippen molar-refractivity contribution in [2.24, 2.45) is 0 Å². The predicted octanol–water partition coefficient (Wildman–Crippen LogP) is 2.11. The van der Waals surface area contributed by atoms with Gasteiger partial charge in [-0.15, -0.1) is 0 Å². The summed E-state index contributed by atoms with van der Waals surface area (Å²) in [5.74, 6) is 1.37. The number of carbonyl (C=O) groups is 1. The van der Waals surface area contributed by atoms with Crippen LogP contribution < -0.4 is 24.7 Å². The van der Waals surface area contributed by atoms with Gasteiger partial charge in [-0.25, -0.2) is 4.98 Å². The van der Waals surface area contributed by atoms with Crippen molar-refractivity contribution < 1.29 is 24.0 Å². The summed E-state index contributed by atoms with van der Waals surface area (Å²) < 4.78 is 16.7. The van der Waals surface area contributed by atoms with Crippen molar-refractivity contribution in [1.29, 1.82) is 0 Å². The van der Waals surface area contributed by atoms with Crippen molar-refractivity contribution in [2.45, 2.75) is 20.3 Å². The van der Waals surface area contributed by atoms with E-state index in [0.29, 0.717) is 45.1 Å². The number of hydrogen-bond donors (Lipinski definition) is 1. The SMILES string of the molecule is CCOc1ccc(CCNC(=O)c2cc(N3CCOCC3)cc[nH+]2)cc1OCC. The molecule has 7 nitrogen and oxygen atoms in total. The lowest BCUT2D eigenvalue weighted by atomic mass is 10.1. The van der Waals surface area contributed by atoms with Crippen LogP contribution in [0.5, 0.6) is 11.5 Å². The summed E-state index contributed by atoms with van der Waals surface area (Å²) in [4.78, 5) is 17.8. The lowest BCUT2D eigenvalue weighted by Gasteiger charge is -2.28. The molecule has 0 aliphatic carbocycles. The normalized spacial score (nSPS) is 13.8. The highest BCUT2D eigenvalue weighted by atomic mass is 16.5. The smallest absolute Gasteiger partial charge is 0.316 e. The maximum Gasteiger partial charge on any atom is 0.316 e. The Hall–Kier alpha value is -2.80. The Morgan fingerprint density at radius 3 is 2.62 bits per heavy atom. The number of rotatable bonds is 9. The number of ether oxygens (including phenoxy) is 3. The van der Waals surface area contributed by atoms with E-state index in [1.807, 2.05) is 44.2 Å². The van der Waals surface area contributed by atoms with Crippen LogP contribution in [-0.2, 0) is 11.2 Å². The van der Waals surface area contributed by atoms with Gasteiger partial charge < -0.3 is 24.4 Å². The number of pyridine rings is 1. The van der Waals surface area contributed by atoms with Gasteiger partial charge >= 0.3 is 5.91 Å². The lowest BCUT2D eigenvalue weighted by Crippen LogP contribution is -2.37. The second-order valence-corrected chi connectivity index (χ2v) is 6.71. The monoisotopic (exact) mass is 400 g/mol. The van der Waals surface area contributed by atoms with Crippen LogP contribution in [-0.4, -0.2) is 52.0 Å². The van der Waals surface area contributed by atoms with Crippen LogP contribution in [0.1, 0.15) is 29.9 Å². The third-order valence-corrected chi connectivity index (χ3v) is 4.71. The fourth-order valence-electron chi connectivity index (χ4n) is 3.27. The number of nitrogens with one attached hydrogen (secondary N) is 2. The van der Waals surface area contributed by atoms with E-state index in [-0.39, 0.29) is 5.91 Å². The van der Waals surface area contributed by atoms with E-state index in [9.17, 15) is 4.79 Å². The second-order valence-electron chi connectivity index (χ2n) is 6.71.